The monoisotopic (exact) mass is 285 g/mol. The summed E-state index contributed by atoms with van der Waals surface area (Å²) in [6.07, 6.45) is 4.83. The second-order valence-electron chi connectivity index (χ2n) is 5.56. The van der Waals surface area contributed by atoms with Gasteiger partial charge in [0.15, 0.2) is 9.84 Å². The molecule has 5 heteroatoms. The Morgan fingerprint density at radius 1 is 1.32 bits per heavy atom. The molecule has 1 aliphatic carbocycles. The van der Waals surface area contributed by atoms with Crippen LogP contribution in [0.2, 0.25) is 0 Å². The fourth-order valence-electron chi connectivity index (χ4n) is 3.09. The van der Waals surface area contributed by atoms with Crippen molar-refractivity contribution in [3.63, 3.8) is 0 Å². The molecule has 0 heterocycles. The van der Waals surface area contributed by atoms with Gasteiger partial charge in [0, 0.05) is 18.2 Å². The maximum Gasteiger partial charge on any atom is 0.175 e. The maximum absolute atomic E-state index is 14.3. The molecule has 1 fully saturated rings. The SMILES string of the molecule is Cc1cc(F)c(C2(CN)CCCC2)cc1S(C)(=O)=O. The molecule has 0 radical (unpaired) electrons. The van der Waals surface area contributed by atoms with Crippen molar-refractivity contribution in [2.75, 3.05) is 12.8 Å². The van der Waals surface area contributed by atoms with Gasteiger partial charge in [-0.15, -0.1) is 0 Å². The molecular weight excluding hydrogens is 265 g/mol. The Hall–Kier alpha value is -0.940. The Morgan fingerprint density at radius 3 is 2.37 bits per heavy atom. The summed E-state index contributed by atoms with van der Waals surface area (Å²) in [6.45, 7) is 1.98. The van der Waals surface area contributed by atoms with Gasteiger partial charge in [0.1, 0.15) is 5.82 Å². The summed E-state index contributed by atoms with van der Waals surface area (Å²) < 4.78 is 37.8. The molecule has 19 heavy (non-hydrogen) atoms. The van der Waals surface area contributed by atoms with Crippen LogP contribution in [-0.2, 0) is 15.3 Å². The maximum atomic E-state index is 14.3. The third-order valence-electron chi connectivity index (χ3n) is 4.19. The Kier molecular flexibility index (Phi) is 3.71. The van der Waals surface area contributed by atoms with Crippen LogP contribution >= 0.6 is 0 Å². The van der Waals surface area contributed by atoms with E-state index < -0.39 is 15.3 Å². The second-order valence-corrected chi connectivity index (χ2v) is 7.55. The van der Waals surface area contributed by atoms with Crippen LogP contribution in [0.25, 0.3) is 0 Å². The predicted octanol–water partition coefficient (Wildman–Crippen LogP) is 2.31. The first-order valence-electron chi connectivity index (χ1n) is 6.51. The third-order valence-corrected chi connectivity index (χ3v) is 5.43. The highest BCUT2D eigenvalue weighted by Gasteiger charge is 2.37. The lowest BCUT2D eigenvalue weighted by molar-refractivity contribution is 0.425. The van der Waals surface area contributed by atoms with E-state index in [0.29, 0.717) is 17.7 Å². The first-order valence-corrected chi connectivity index (χ1v) is 8.40. The Labute approximate surface area is 113 Å². The molecule has 3 nitrogen and oxygen atoms in total. The van der Waals surface area contributed by atoms with Crippen molar-refractivity contribution < 1.29 is 12.8 Å². The molecule has 0 unspecified atom stereocenters. The van der Waals surface area contributed by atoms with Gasteiger partial charge in [-0.3, -0.25) is 0 Å². The summed E-state index contributed by atoms with van der Waals surface area (Å²) >= 11 is 0. The molecule has 0 spiro atoms. The van der Waals surface area contributed by atoms with Gasteiger partial charge in [-0.05, 0) is 43.0 Å². The van der Waals surface area contributed by atoms with Gasteiger partial charge in [-0.1, -0.05) is 12.8 Å². The molecule has 0 amide bonds. The van der Waals surface area contributed by atoms with Crippen molar-refractivity contribution in [1.82, 2.24) is 0 Å². The Balaban J connectivity index is 2.64. The van der Waals surface area contributed by atoms with Crippen molar-refractivity contribution in [3.05, 3.63) is 29.1 Å². The van der Waals surface area contributed by atoms with Gasteiger partial charge >= 0.3 is 0 Å². The van der Waals surface area contributed by atoms with Crippen LogP contribution in [0.3, 0.4) is 0 Å². The smallest absolute Gasteiger partial charge is 0.175 e. The molecule has 2 rings (SSSR count). The molecule has 0 saturated heterocycles. The lowest BCUT2D eigenvalue weighted by Crippen LogP contribution is -2.33. The fraction of sp³-hybridized carbons (Fsp3) is 0.571. The quantitative estimate of drug-likeness (QED) is 0.867. The molecular formula is C14H20FNO2S. The average Bonchev–Trinajstić information content (AvgIpc) is 2.77. The fourth-order valence-corrected chi connectivity index (χ4v) is 4.07. The summed E-state index contributed by atoms with van der Waals surface area (Å²) in [6, 6.07) is 2.82. The van der Waals surface area contributed by atoms with E-state index in [1.165, 1.54) is 12.1 Å². The van der Waals surface area contributed by atoms with E-state index in [2.05, 4.69) is 0 Å². The zero-order chi connectivity index (χ0) is 14.3. The van der Waals surface area contributed by atoms with Crippen LogP contribution in [0, 0.1) is 12.7 Å². The number of aryl methyl sites for hydroxylation is 1. The van der Waals surface area contributed by atoms with Gasteiger partial charge in [0.25, 0.3) is 0 Å². The number of rotatable bonds is 3. The first-order chi connectivity index (χ1) is 8.80. The highest BCUT2D eigenvalue weighted by Crippen LogP contribution is 2.42. The predicted molar refractivity (Wildman–Crippen MR) is 73.4 cm³/mol. The van der Waals surface area contributed by atoms with E-state index >= 15 is 0 Å². The molecule has 1 aromatic carbocycles. The minimum Gasteiger partial charge on any atom is -0.330 e. The summed E-state index contributed by atoms with van der Waals surface area (Å²) in [4.78, 5) is 0.212. The topological polar surface area (TPSA) is 60.2 Å². The van der Waals surface area contributed by atoms with E-state index in [-0.39, 0.29) is 10.7 Å². The average molecular weight is 285 g/mol. The van der Waals surface area contributed by atoms with Crippen molar-refractivity contribution >= 4 is 9.84 Å². The Morgan fingerprint density at radius 2 is 1.89 bits per heavy atom. The summed E-state index contributed by atoms with van der Waals surface area (Å²) in [5, 5.41) is 0. The molecule has 0 atom stereocenters. The summed E-state index contributed by atoms with van der Waals surface area (Å²) in [5.74, 6) is -0.336. The van der Waals surface area contributed by atoms with Gasteiger partial charge in [-0.2, -0.15) is 0 Å². The number of sulfone groups is 1. The van der Waals surface area contributed by atoms with Gasteiger partial charge in [-0.25, -0.2) is 12.8 Å². The second kappa shape index (κ2) is 4.87. The highest BCUT2D eigenvalue weighted by atomic mass is 32.2. The Bertz CT molecular complexity index is 590. The largest absolute Gasteiger partial charge is 0.330 e. The molecule has 2 N–H and O–H groups in total. The molecule has 1 saturated carbocycles. The van der Waals surface area contributed by atoms with E-state index in [0.717, 1.165) is 31.9 Å². The number of hydrogen-bond acceptors (Lipinski definition) is 3. The van der Waals surface area contributed by atoms with Crippen LogP contribution < -0.4 is 5.73 Å². The zero-order valence-corrected chi connectivity index (χ0v) is 12.2. The van der Waals surface area contributed by atoms with Gasteiger partial charge < -0.3 is 5.73 Å². The van der Waals surface area contributed by atoms with E-state index in [1.807, 2.05) is 0 Å². The number of benzene rings is 1. The van der Waals surface area contributed by atoms with Crippen LogP contribution in [0.1, 0.15) is 36.8 Å². The van der Waals surface area contributed by atoms with Crippen LogP contribution in [0.5, 0.6) is 0 Å². The minimum atomic E-state index is -3.34. The molecule has 1 aromatic rings. The highest BCUT2D eigenvalue weighted by molar-refractivity contribution is 7.90. The summed E-state index contributed by atoms with van der Waals surface area (Å²) in [5.41, 5.74) is 6.38. The van der Waals surface area contributed by atoms with E-state index in [1.54, 1.807) is 6.92 Å². The third kappa shape index (κ3) is 2.54. The molecule has 0 bridgehead atoms. The van der Waals surface area contributed by atoms with Crippen molar-refractivity contribution in [2.24, 2.45) is 5.73 Å². The van der Waals surface area contributed by atoms with E-state index in [9.17, 15) is 12.8 Å². The molecule has 106 valence electrons. The minimum absolute atomic E-state index is 0.212. The van der Waals surface area contributed by atoms with Crippen molar-refractivity contribution in [1.29, 1.82) is 0 Å². The van der Waals surface area contributed by atoms with E-state index in [4.69, 9.17) is 5.73 Å². The van der Waals surface area contributed by atoms with Gasteiger partial charge in [0.2, 0.25) is 0 Å². The number of hydrogen-bond donors (Lipinski definition) is 1. The van der Waals surface area contributed by atoms with Crippen LogP contribution in [-0.4, -0.2) is 21.2 Å². The molecule has 0 aromatic heterocycles. The molecule has 1 aliphatic rings. The standard InChI is InChI=1S/C14H20FNO2S/c1-10-7-12(15)11(8-13(10)19(2,17)18)14(9-16)5-3-4-6-14/h7-8H,3-6,9,16H2,1-2H3. The normalized spacial score (nSPS) is 18.7. The van der Waals surface area contributed by atoms with Crippen LogP contribution in [0.15, 0.2) is 17.0 Å². The number of nitrogens with two attached hydrogens (primary N) is 1. The van der Waals surface area contributed by atoms with Crippen molar-refractivity contribution in [3.8, 4) is 0 Å². The van der Waals surface area contributed by atoms with Gasteiger partial charge in [0.05, 0.1) is 4.90 Å². The van der Waals surface area contributed by atoms with Crippen molar-refractivity contribution in [2.45, 2.75) is 42.9 Å². The molecule has 0 aliphatic heterocycles. The first kappa shape index (κ1) is 14.5. The van der Waals surface area contributed by atoms with Crippen LogP contribution in [0.4, 0.5) is 4.39 Å². The zero-order valence-electron chi connectivity index (χ0n) is 11.4. The summed E-state index contributed by atoms with van der Waals surface area (Å²) in [7, 11) is -3.34. The number of halogens is 1. The lowest BCUT2D eigenvalue weighted by atomic mass is 9.78. The lowest BCUT2D eigenvalue weighted by Gasteiger charge is -2.29.